The van der Waals surface area contributed by atoms with Crippen LogP contribution in [0.25, 0.3) is 0 Å². The summed E-state index contributed by atoms with van der Waals surface area (Å²) in [7, 11) is 3.50. The first-order valence-corrected chi connectivity index (χ1v) is 9.27. The largest absolute Gasteiger partial charge is 0.356 e. The zero-order chi connectivity index (χ0) is 19.6. The Hall–Kier alpha value is -2.82. The van der Waals surface area contributed by atoms with Crippen LogP contribution in [-0.4, -0.2) is 44.0 Å². The number of nitrogens with one attached hydrogen (secondary N) is 2. The maximum Gasteiger partial charge on any atom is 0.241 e. The van der Waals surface area contributed by atoms with E-state index in [1.165, 1.54) is 16.7 Å². The normalized spacial score (nSPS) is 11.2. The van der Waals surface area contributed by atoms with Gasteiger partial charge in [0.2, 0.25) is 5.91 Å². The van der Waals surface area contributed by atoms with Crippen LogP contribution in [0.3, 0.4) is 0 Å². The lowest BCUT2D eigenvalue weighted by molar-refractivity contribution is -0.127. The fourth-order valence-corrected chi connectivity index (χ4v) is 2.78. The van der Waals surface area contributed by atoms with E-state index < -0.39 is 0 Å². The molecule has 0 fully saturated rings. The third-order valence-corrected chi connectivity index (χ3v) is 4.16. The van der Waals surface area contributed by atoms with Crippen LogP contribution in [-0.2, 0) is 17.8 Å². The molecule has 0 radical (unpaired) electrons. The molecule has 5 heteroatoms. The highest BCUT2D eigenvalue weighted by Gasteiger charge is 2.06. The summed E-state index contributed by atoms with van der Waals surface area (Å²) in [6.07, 6.45) is 0.899. The van der Waals surface area contributed by atoms with Crippen molar-refractivity contribution in [3.63, 3.8) is 0 Å². The summed E-state index contributed by atoms with van der Waals surface area (Å²) in [5.41, 5.74) is 4.98. The molecule has 27 heavy (non-hydrogen) atoms. The van der Waals surface area contributed by atoms with Gasteiger partial charge in [-0.3, -0.25) is 4.79 Å². The third-order valence-electron chi connectivity index (χ3n) is 4.16. The molecule has 0 saturated heterocycles. The fourth-order valence-electron chi connectivity index (χ4n) is 2.78. The van der Waals surface area contributed by atoms with Gasteiger partial charge in [-0.05, 0) is 31.4 Å². The molecule has 2 aromatic rings. The molecule has 2 rings (SSSR count). The molecule has 0 atom stereocenters. The summed E-state index contributed by atoms with van der Waals surface area (Å²) in [4.78, 5) is 18.1. The van der Waals surface area contributed by atoms with Crippen molar-refractivity contribution in [2.75, 3.05) is 27.2 Å². The Balaban J connectivity index is 1.96. The number of aliphatic imine (C=N–C) groups is 1. The van der Waals surface area contributed by atoms with Crippen molar-refractivity contribution in [3.8, 4) is 0 Å². The second kappa shape index (κ2) is 10.4. The van der Waals surface area contributed by atoms with E-state index in [1.807, 2.05) is 30.3 Å². The van der Waals surface area contributed by atoms with Crippen molar-refractivity contribution in [3.05, 3.63) is 70.8 Å². The van der Waals surface area contributed by atoms with Gasteiger partial charge >= 0.3 is 0 Å². The summed E-state index contributed by atoms with van der Waals surface area (Å²) in [6.45, 7) is 5.77. The molecule has 0 aliphatic heterocycles. The number of carbonyl (C=O) groups excluding carboxylic acids is 1. The SMILES string of the molecule is Cc1cc(C)cc(CCNC(=NCc2ccccc2)NCC(=O)N(C)C)c1. The van der Waals surface area contributed by atoms with Crippen molar-refractivity contribution < 1.29 is 4.79 Å². The number of carbonyl (C=O) groups is 1. The van der Waals surface area contributed by atoms with Gasteiger partial charge in [-0.25, -0.2) is 4.99 Å². The summed E-state index contributed by atoms with van der Waals surface area (Å²) >= 11 is 0. The molecule has 0 heterocycles. The van der Waals surface area contributed by atoms with E-state index in [4.69, 9.17) is 0 Å². The van der Waals surface area contributed by atoms with E-state index in [2.05, 4.69) is 47.7 Å². The van der Waals surface area contributed by atoms with Gasteiger partial charge in [0, 0.05) is 20.6 Å². The Morgan fingerprint density at radius 3 is 2.26 bits per heavy atom. The van der Waals surface area contributed by atoms with Gasteiger partial charge in [0.25, 0.3) is 0 Å². The van der Waals surface area contributed by atoms with Crippen LogP contribution in [0, 0.1) is 13.8 Å². The number of aryl methyl sites for hydroxylation is 2. The highest BCUT2D eigenvalue weighted by atomic mass is 16.2. The van der Waals surface area contributed by atoms with Crippen molar-refractivity contribution in [1.29, 1.82) is 0 Å². The molecule has 0 aliphatic carbocycles. The molecule has 0 aromatic heterocycles. The minimum Gasteiger partial charge on any atom is -0.356 e. The number of amides is 1. The number of rotatable bonds is 7. The van der Waals surface area contributed by atoms with Crippen LogP contribution in [0.1, 0.15) is 22.3 Å². The fraction of sp³-hybridized carbons (Fsp3) is 0.364. The van der Waals surface area contributed by atoms with E-state index in [-0.39, 0.29) is 12.5 Å². The van der Waals surface area contributed by atoms with Crippen LogP contribution in [0.15, 0.2) is 53.5 Å². The van der Waals surface area contributed by atoms with Crippen molar-refractivity contribution in [2.45, 2.75) is 26.8 Å². The summed E-state index contributed by atoms with van der Waals surface area (Å²) < 4.78 is 0. The van der Waals surface area contributed by atoms with Gasteiger partial charge in [-0.15, -0.1) is 0 Å². The zero-order valence-corrected chi connectivity index (χ0v) is 16.7. The number of hydrogen-bond acceptors (Lipinski definition) is 2. The maximum atomic E-state index is 11.9. The molecule has 0 spiro atoms. The highest BCUT2D eigenvalue weighted by molar-refractivity contribution is 5.86. The Morgan fingerprint density at radius 2 is 1.63 bits per heavy atom. The Morgan fingerprint density at radius 1 is 0.963 bits per heavy atom. The van der Waals surface area contributed by atoms with Gasteiger partial charge < -0.3 is 15.5 Å². The number of nitrogens with zero attached hydrogens (tertiary/aromatic N) is 2. The topological polar surface area (TPSA) is 56.7 Å². The minimum absolute atomic E-state index is 0.0125. The zero-order valence-electron chi connectivity index (χ0n) is 16.7. The average molecular weight is 367 g/mol. The predicted molar refractivity (Wildman–Crippen MR) is 112 cm³/mol. The lowest BCUT2D eigenvalue weighted by Gasteiger charge is -2.15. The van der Waals surface area contributed by atoms with Crippen molar-refractivity contribution in [1.82, 2.24) is 15.5 Å². The quantitative estimate of drug-likeness (QED) is 0.585. The molecule has 5 nitrogen and oxygen atoms in total. The van der Waals surface area contributed by atoms with E-state index in [0.29, 0.717) is 12.5 Å². The van der Waals surface area contributed by atoms with Gasteiger partial charge in [0.1, 0.15) is 0 Å². The van der Waals surface area contributed by atoms with Crippen LogP contribution < -0.4 is 10.6 Å². The number of hydrogen-bond donors (Lipinski definition) is 2. The Labute approximate surface area is 162 Å². The summed E-state index contributed by atoms with van der Waals surface area (Å²) in [5, 5.41) is 6.47. The van der Waals surface area contributed by atoms with Crippen LogP contribution in [0.5, 0.6) is 0 Å². The maximum absolute atomic E-state index is 11.9. The molecular formula is C22H30N4O. The van der Waals surface area contributed by atoms with Crippen LogP contribution in [0.2, 0.25) is 0 Å². The summed E-state index contributed by atoms with van der Waals surface area (Å²) in [5.74, 6) is 0.664. The standard InChI is InChI=1S/C22H30N4O/c1-17-12-18(2)14-20(13-17)10-11-23-22(25-16-21(27)26(3)4)24-15-19-8-6-5-7-9-19/h5-9,12-14H,10-11,15-16H2,1-4H3,(H2,23,24,25). The van der Waals surface area contributed by atoms with Crippen molar-refractivity contribution in [2.24, 2.45) is 4.99 Å². The number of likely N-dealkylation sites (N-methyl/N-ethyl adjacent to an activating group) is 1. The molecule has 1 amide bonds. The Bertz CT molecular complexity index is 749. The van der Waals surface area contributed by atoms with E-state index in [9.17, 15) is 4.79 Å². The van der Waals surface area contributed by atoms with E-state index >= 15 is 0 Å². The van der Waals surface area contributed by atoms with Crippen molar-refractivity contribution >= 4 is 11.9 Å². The monoisotopic (exact) mass is 366 g/mol. The third kappa shape index (κ3) is 7.52. The smallest absolute Gasteiger partial charge is 0.241 e. The molecule has 0 unspecified atom stereocenters. The van der Waals surface area contributed by atoms with E-state index in [0.717, 1.165) is 18.5 Å². The average Bonchev–Trinajstić information content (AvgIpc) is 2.63. The van der Waals surface area contributed by atoms with Crippen LogP contribution in [0.4, 0.5) is 0 Å². The van der Waals surface area contributed by atoms with Gasteiger partial charge in [0.15, 0.2) is 5.96 Å². The van der Waals surface area contributed by atoms with Gasteiger partial charge in [-0.2, -0.15) is 0 Å². The van der Waals surface area contributed by atoms with Crippen LogP contribution >= 0.6 is 0 Å². The molecule has 2 aromatic carbocycles. The molecule has 2 N–H and O–H groups in total. The second-order valence-corrected chi connectivity index (χ2v) is 6.96. The molecule has 144 valence electrons. The first-order chi connectivity index (χ1) is 12.9. The summed E-state index contributed by atoms with van der Waals surface area (Å²) in [6, 6.07) is 16.7. The highest BCUT2D eigenvalue weighted by Crippen LogP contribution is 2.09. The number of benzene rings is 2. The molecule has 0 aliphatic rings. The minimum atomic E-state index is 0.0125. The second-order valence-electron chi connectivity index (χ2n) is 6.96. The lowest BCUT2D eigenvalue weighted by Crippen LogP contribution is -2.43. The Kier molecular flexibility index (Phi) is 7.86. The molecular weight excluding hydrogens is 336 g/mol. The molecule has 0 saturated carbocycles. The molecule has 0 bridgehead atoms. The van der Waals surface area contributed by atoms with Gasteiger partial charge in [0.05, 0.1) is 13.1 Å². The lowest BCUT2D eigenvalue weighted by atomic mass is 10.1. The first kappa shape index (κ1) is 20.5. The first-order valence-electron chi connectivity index (χ1n) is 9.27. The number of guanidine groups is 1. The predicted octanol–water partition coefficient (Wildman–Crippen LogP) is 2.67. The van der Waals surface area contributed by atoms with E-state index in [1.54, 1.807) is 19.0 Å². The van der Waals surface area contributed by atoms with Gasteiger partial charge in [-0.1, -0.05) is 59.7 Å².